The van der Waals surface area contributed by atoms with E-state index in [0.717, 1.165) is 0 Å². The van der Waals surface area contributed by atoms with Gasteiger partial charge in [-0.15, -0.1) is 6.58 Å². The normalized spacial score (nSPS) is 16.5. The quantitative estimate of drug-likeness (QED) is 0.0739. The monoisotopic (exact) mass is 594 g/mol. The van der Waals surface area contributed by atoms with Crippen molar-refractivity contribution in [3.8, 4) is 0 Å². The molecule has 0 radical (unpaired) electrons. The molecule has 7 N–H and O–H groups in total. The van der Waals surface area contributed by atoms with Crippen molar-refractivity contribution in [2.45, 2.75) is 51.4 Å². The summed E-state index contributed by atoms with van der Waals surface area (Å²) in [6, 6.07) is -2.85. The number of carbonyl (C=O) groups excluding carboxylic acids is 5. The maximum Gasteiger partial charge on any atom is 0.312 e. The van der Waals surface area contributed by atoms with E-state index < -0.39 is 48.0 Å². The van der Waals surface area contributed by atoms with Crippen LogP contribution in [-0.4, -0.2) is 64.6 Å². The Morgan fingerprint density at radius 3 is 2.18 bits per heavy atom. The summed E-state index contributed by atoms with van der Waals surface area (Å²) in [6.07, 6.45) is 0.733. The minimum atomic E-state index is -1.20. The zero-order valence-electron chi connectivity index (χ0n) is 18.2. The fraction of sp³-hybridized carbons (Fsp3) is 0.526. The number of hydrogen-bond acceptors (Lipinski definition) is 7. The molecular formula is C19H28Br2N6O6. The van der Waals surface area contributed by atoms with E-state index >= 15 is 0 Å². The van der Waals surface area contributed by atoms with E-state index in [-0.39, 0.29) is 34.3 Å². The first-order valence-corrected chi connectivity index (χ1v) is 11.6. The van der Waals surface area contributed by atoms with Crippen LogP contribution in [0.15, 0.2) is 21.6 Å². The molecule has 0 aliphatic carbocycles. The molecule has 0 bridgehead atoms. The van der Waals surface area contributed by atoms with Crippen LogP contribution in [0.3, 0.4) is 0 Å². The number of urea groups is 1. The van der Waals surface area contributed by atoms with Crippen molar-refractivity contribution in [2.75, 3.05) is 6.54 Å². The summed E-state index contributed by atoms with van der Waals surface area (Å²) in [5, 5.41) is 17.9. The largest absolute Gasteiger partial charge is 0.373 e. The van der Waals surface area contributed by atoms with Crippen LogP contribution in [0.5, 0.6) is 0 Å². The predicted molar refractivity (Wildman–Crippen MR) is 126 cm³/mol. The van der Waals surface area contributed by atoms with Crippen LogP contribution >= 0.6 is 31.9 Å². The predicted octanol–water partition coefficient (Wildman–Crippen LogP) is -0.170. The summed E-state index contributed by atoms with van der Waals surface area (Å²) >= 11 is 6.02. The third kappa shape index (κ3) is 8.53. The Morgan fingerprint density at radius 1 is 1.12 bits per heavy atom. The molecule has 1 unspecified atom stereocenters. The van der Waals surface area contributed by atoms with Gasteiger partial charge in [-0.05, 0) is 50.6 Å². The maximum atomic E-state index is 13.0. The number of hydrogen-bond donors (Lipinski definition) is 6. The molecule has 0 saturated heterocycles. The highest BCUT2D eigenvalue weighted by Crippen LogP contribution is 2.28. The summed E-state index contributed by atoms with van der Waals surface area (Å²) in [6.45, 7) is 7.04. The molecule has 1 aliphatic heterocycles. The second kappa shape index (κ2) is 13.4. The third-order valence-electron chi connectivity index (χ3n) is 4.49. The topological polar surface area (TPSA) is 183 Å². The minimum Gasteiger partial charge on any atom is -0.373 e. The van der Waals surface area contributed by atoms with Gasteiger partial charge in [-0.25, -0.2) is 15.2 Å². The van der Waals surface area contributed by atoms with Crippen molar-refractivity contribution in [1.82, 2.24) is 26.4 Å². The first-order valence-electron chi connectivity index (χ1n) is 10.0. The van der Waals surface area contributed by atoms with E-state index in [1.807, 2.05) is 0 Å². The molecule has 0 aromatic carbocycles. The van der Waals surface area contributed by atoms with E-state index in [4.69, 9.17) is 5.73 Å². The van der Waals surface area contributed by atoms with Crippen molar-refractivity contribution in [3.05, 3.63) is 21.6 Å². The first kappa shape index (κ1) is 28.7. The van der Waals surface area contributed by atoms with Crippen LogP contribution in [0.2, 0.25) is 0 Å². The van der Waals surface area contributed by atoms with E-state index in [1.165, 1.54) is 6.08 Å². The lowest BCUT2D eigenvalue weighted by Gasteiger charge is -2.28. The van der Waals surface area contributed by atoms with E-state index in [0.29, 0.717) is 11.4 Å². The van der Waals surface area contributed by atoms with Gasteiger partial charge in [0.05, 0.1) is 0 Å². The van der Waals surface area contributed by atoms with Crippen molar-refractivity contribution >= 4 is 61.5 Å². The molecule has 3 atom stereocenters. The fourth-order valence-electron chi connectivity index (χ4n) is 2.77. The molecule has 6 amide bonds. The highest BCUT2D eigenvalue weighted by molar-refractivity contribution is 9.14. The number of amides is 6. The van der Waals surface area contributed by atoms with Crippen molar-refractivity contribution in [2.24, 2.45) is 11.7 Å². The van der Waals surface area contributed by atoms with Crippen LogP contribution in [-0.2, 0) is 19.2 Å². The van der Waals surface area contributed by atoms with Gasteiger partial charge in [-0.2, -0.15) is 0 Å². The Labute approximate surface area is 208 Å². The Bertz CT molecular complexity index is 810. The lowest BCUT2D eigenvalue weighted by molar-refractivity contribution is -0.144. The van der Waals surface area contributed by atoms with Crippen molar-refractivity contribution in [1.29, 1.82) is 0 Å². The van der Waals surface area contributed by atoms with Gasteiger partial charge in [-0.3, -0.25) is 19.2 Å². The van der Waals surface area contributed by atoms with E-state index in [1.54, 1.807) is 13.8 Å². The number of halogens is 2. The summed E-state index contributed by atoms with van der Waals surface area (Å²) in [5.74, 6) is -3.03. The Morgan fingerprint density at radius 2 is 1.70 bits per heavy atom. The molecule has 14 heteroatoms. The number of aliphatic hydroxyl groups excluding tert-OH is 1. The average molecular weight is 596 g/mol. The van der Waals surface area contributed by atoms with Gasteiger partial charge in [0.25, 0.3) is 11.8 Å². The number of nitrogens with zero attached hydrogens (tertiary/aromatic N) is 1. The highest BCUT2D eigenvalue weighted by atomic mass is 79.9. The second-order valence-electron chi connectivity index (χ2n) is 7.47. The standard InChI is InChI=1S/C19H28Br2N6O6/c1-4-6-11(28)25-15(29)10(7-5-8-23-19(22)33)24-16(30)14(9(2)3)26-27-17(31)12(20)13(21)18(27)32/h4,9-11,14,26,28H,1,5-8H2,2-3H3,(H,24,30)(H,25,29)(H3,22,23,33)/t10-,11?,14-/m0/s1. The summed E-state index contributed by atoms with van der Waals surface area (Å²) in [5.41, 5.74) is 7.64. The number of primary amides is 1. The molecule has 0 aromatic rings. The zero-order chi connectivity index (χ0) is 25.3. The highest BCUT2D eigenvalue weighted by Gasteiger charge is 2.39. The molecule has 33 heavy (non-hydrogen) atoms. The van der Waals surface area contributed by atoms with Gasteiger partial charge in [0.15, 0.2) is 0 Å². The van der Waals surface area contributed by atoms with Crippen LogP contribution < -0.4 is 27.1 Å². The Hall–Kier alpha value is -2.29. The van der Waals surface area contributed by atoms with Crippen LogP contribution in [0, 0.1) is 5.92 Å². The lowest BCUT2D eigenvalue weighted by Crippen LogP contribution is -2.59. The molecule has 0 saturated carbocycles. The fourth-order valence-corrected chi connectivity index (χ4v) is 3.47. The Kier molecular flexibility index (Phi) is 11.7. The van der Waals surface area contributed by atoms with E-state index in [9.17, 15) is 29.1 Å². The average Bonchev–Trinajstić information content (AvgIpc) is 2.90. The van der Waals surface area contributed by atoms with Gasteiger partial charge < -0.3 is 26.8 Å². The van der Waals surface area contributed by atoms with Crippen molar-refractivity contribution in [3.63, 3.8) is 0 Å². The molecule has 0 fully saturated rings. The molecule has 184 valence electrons. The molecule has 0 spiro atoms. The Balaban J connectivity index is 2.94. The van der Waals surface area contributed by atoms with E-state index in [2.05, 4.69) is 59.8 Å². The van der Waals surface area contributed by atoms with Crippen LogP contribution in [0.25, 0.3) is 0 Å². The van der Waals surface area contributed by atoms with Gasteiger partial charge in [0.2, 0.25) is 11.8 Å². The first-order chi connectivity index (χ1) is 15.4. The molecule has 0 aromatic heterocycles. The summed E-state index contributed by atoms with van der Waals surface area (Å²) in [4.78, 5) is 61.0. The molecular weight excluding hydrogens is 568 g/mol. The number of aliphatic hydroxyl groups is 1. The zero-order valence-corrected chi connectivity index (χ0v) is 21.4. The lowest BCUT2D eigenvalue weighted by atomic mass is 10.0. The van der Waals surface area contributed by atoms with Gasteiger partial charge in [0.1, 0.15) is 27.3 Å². The molecule has 1 rings (SSSR count). The number of carbonyl (C=O) groups is 5. The molecule has 1 heterocycles. The van der Waals surface area contributed by atoms with Crippen molar-refractivity contribution < 1.29 is 29.1 Å². The molecule has 1 aliphatic rings. The smallest absolute Gasteiger partial charge is 0.312 e. The minimum absolute atomic E-state index is 0.0123. The van der Waals surface area contributed by atoms with Gasteiger partial charge in [0, 0.05) is 13.0 Å². The van der Waals surface area contributed by atoms with Crippen LogP contribution in [0.1, 0.15) is 33.1 Å². The number of nitrogens with two attached hydrogens (primary N) is 1. The van der Waals surface area contributed by atoms with Gasteiger partial charge >= 0.3 is 6.03 Å². The number of nitrogens with one attached hydrogen (secondary N) is 4. The molecule has 12 nitrogen and oxygen atoms in total. The number of imide groups is 1. The number of hydrazine groups is 1. The SMILES string of the molecule is C=CCC(O)NC(=O)[C@H](CCCNC(N)=O)NC(=O)[C@@H](NN1C(=O)C(Br)=C(Br)C1=O)C(C)C. The van der Waals surface area contributed by atoms with Gasteiger partial charge in [-0.1, -0.05) is 19.9 Å². The number of rotatable bonds is 13. The summed E-state index contributed by atoms with van der Waals surface area (Å²) < 4.78 is 0.0247. The summed E-state index contributed by atoms with van der Waals surface area (Å²) in [7, 11) is 0. The third-order valence-corrected chi connectivity index (χ3v) is 6.50. The second-order valence-corrected chi connectivity index (χ2v) is 9.05. The maximum absolute atomic E-state index is 13.0. The van der Waals surface area contributed by atoms with Crippen LogP contribution in [0.4, 0.5) is 4.79 Å².